The molecule has 1 N–H and O–H groups in total. The molecule has 30 heavy (non-hydrogen) atoms. The van der Waals surface area contributed by atoms with Gasteiger partial charge in [0.1, 0.15) is 11.3 Å². The quantitative estimate of drug-likeness (QED) is 0.438. The number of aryl methyl sites for hydroxylation is 1. The lowest BCUT2D eigenvalue weighted by Gasteiger charge is -2.25. The second kappa shape index (κ2) is 6.85. The zero-order valence-electron chi connectivity index (χ0n) is 15.9. The first-order valence-electron chi connectivity index (χ1n) is 9.39. The Hall–Kier alpha value is -3.38. The van der Waals surface area contributed by atoms with Gasteiger partial charge < -0.3 is 9.52 Å². The number of halogens is 1. The van der Waals surface area contributed by atoms with Gasteiger partial charge in [-0.3, -0.25) is 14.5 Å². The van der Waals surface area contributed by atoms with Gasteiger partial charge in [0.2, 0.25) is 5.76 Å². The zero-order chi connectivity index (χ0) is 21.0. The highest BCUT2D eigenvalue weighted by Gasteiger charge is 2.43. The lowest BCUT2D eigenvalue weighted by Crippen LogP contribution is -2.29. The van der Waals surface area contributed by atoms with E-state index >= 15 is 0 Å². The van der Waals surface area contributed by atoms with Gasteiger partial charge in [-0.2, -0.15) is 0 Å². The van der Waals surface area contributed by atoms with Crippen molar-refractivity contribution in [3.05, 3.63) is 104 Å². The number of rotatable bonds is 2. The molecule has 1 aliphatic rings. The molecule has 1 aromatic heterocycles. The SMILES string of the molecule is Cc1cccc(N2C(=O)c3oc4ccc(Br)cc4c(=O)c3C2c2cccc(O)c2)c1. The van der Waals surface area contributed by atoms with Crippen molar-refractivity contribution >= 4 is 38.5 Å². The minimum absolute atomic E-state index is 0.0321. The van der Waals surface area contributed by atoms with Crippen LogP contribution in [0.25, 0.3) is 11.0 Å². The first-order chi connectivity index (χ1) is 14.4. The van der Waals surface area contributed by atoms with Crippen LogP contribution in [0.2, 0.25) is 0 Å². The normalized spacial score (nSPS) is 15.6. The highest BCUT2D eigenvalue weighted by atomic mass is 79.9. The summed E-state index contributed by atoms with van der Waals surface area (Å²) in [4.78, 5) is 28.5. The first-order valence-corrected chi connectivity index (χ1v) is 10.2. The average molecular weight is 462 g/mol. The third-order valence-electron chi connectivity index (χ3n) is 5.30. The molecule has 2 heterocycles. The summed E-state index contributed by atoms with van der Waals surface area (Å²) in [6, 6.07) is 18.6. The van der Waals surface area contributed by atoms with Crippen molar-refractivity contribution in [1.82, 2.24) is 0 Å². The summed E-state index contributed by atoms with van der Waals surface area (Å²) in [6.45, 7) is 1.94. The van der Waals surface area contributed by atoms with Crippen LogP contribution in [-0.2, 0) is 0 Å². The topological polar surface area (TPSA) is 70.8 Å². The molecule has 0 bridgehead atoms. The Morgan fingerprint density at radius 3 is 2.57 bits per heavy atom. The van der Waals surface area contributed by atoms with Crippen molar-refractivity contribution in [3.63, 3.8) is 0 Å². The highest BCUT2D eigenvalue weighted by molar-refractivity contribution is 9.10. The minimum Gasteiger partial charge on any atom is -0.508 e. The van der Waals surface area contributed by atoms with Crippen molar-refractivity contribution in [2.24, 2.45) is 0 Å². The van der Waals surface area contributed by atoms with E-state index in [0.717, 1.165) is 10.0 Å². The standard InChI is InChI=1S/C24H16BrNO4/c1-13-4-2-6-16(10-13)26-21(14-5-3-7-17(27)11-14)20-22(28)18-12-15(25)8-9-19(18)30-23(20)24(26)29/h2-12,21,27H,1H3. The van der Waals surface area contributed by atoms with Gasteiger partial charge in [-0.1, -0.05) is 40.2 Å². The molecular formula is C24H16BrNO4. The molecule has 0 spiro atoms. The van der Waals surface area contributed by atoms with Crippen LogP contribution >= 0.6 is 15.9 Å². The summed E-state index contributed by atoms with van der Waals surface area (Å²) in [5, 5.41) is 10.5. The summed E-state index contributed by atoms with van der Waals surface area (Å²) >= 11 is 3.39. The van der Waals surface area contributed by atoms with E-state index in [1.54, 1.807) is 47.4 Å². The number of benzene rings is 3. The largest absolute Gasteiger partial charge is 0.508 e. The Labute approximate surface area is 180 Å². The molecule has 1 amide bonds. The molecule has 1 unspecified atom stereocenters. The molecule has 3 aromatic carbocycles. The Morgan fingerprint density at radius 2 is 1.80 bits per heavy atom. The Morgan fingerprint density at radius 1 is 1.00 bits per heavy atom. The number of phenols is 1. The highest BCUT2D eigenvalue weighted by Crippen LogP contribution is 2.42. The van der Waals surface area contributed by atoms with Gasteiger partial charge >= 0.3 is 0 Å². The van der Waals surface area contributed by atoms with E-state index in [1.165, 1.54) is 0 Å². The fourth-order valence-corrected chi connectivity index (χ4v) is 4.36. The fraction of sp³-hybridized carbons (Fsp3) is 0.0833. The van der Waals surface area contributed by atoms with Crippen LogP contribution in [0.4, 0.5) is 5.69 Å². The van der Waals surface area contributed by atoms with Crippen LogP contribution in [0.3, 0.4) is 0 Å². The molecule has 0 saturated carbocycles. The average Bonchev–Trinajstić information content (AvgIpc) is 3.01. The molecule has 0 saturated heterocycles. The molecule has 0 radical (unpaired) electrons. The number of fused-ring (bicyclic) bond motifs is 2. The zero-order valence-corrected chi connectivity index (χ0v) is 17.5. The summed E-state index contributed by atoms with van der Waals surface area (Å²) in [5.74, 6) is -0.291. The van der Waals surface area contributed by atoms with E-state index in [9.17, 15) is 14.7 Å². The summed E-state index contributed by atoms with van der Waals surface area (Å²) in [5.41, 5.74) is 2.65. The smallest absolute Gasteiger partial charge is 0.295 e. The molecular weight excluding hydrogens is 446 g/mol. The van der Waals surface area contributed by atoms with Crippen LogP contribution in [0.15, 0.2) is 80.4 Å². The monoisotopic (exact) mass is 461 g/mol. The van der Waals surface area contributed by atoms with E-state index in [2.05, 4.69) is 15.9 Å². The summed E-state index contributed by atoms with van der Waals surface area (Å²) in [6.07, 6.45) is 0. The number of carbonyl (C=O) groups excluding carboxylic acids is 1. The predicted molar refractivity (Wildman–Crippen MR) is 118 cm³/mol. The molecule has 5 nitrogen and oxygen atoms in total. The third kappa shape index (κ3) is 2.83. The van der Waals surface area contributed by atoms with Crippen LogP contribution in [0, 0.1) is 6.92 Å². The Bertz CT molecular complexity index is 1390. The number of anilines is 1. The molecule has 1 atom stereocenters. The van der Waals surface area contributed by atoms with Crippen molar-refractivity contribution in [3.8, 4) is 5.75 Å². The Balaban J connectivity index is 1.84. The molecule has 1 aliphatic heterocycles. The van der Waals surface area contributed by atoms with E-state index in [1.807, 2.05) is 31.2 Å². The Kier molecular flexibility index (Phi) is 4.25. The molecule has 6 heteroatoms. The maximum absolute atomic E-state index is 13.5. The van der Waals surface area contributed by atoms with Crippen LogP contribution in [-0.4, -0.2) is 11.0 Å². The number of amides is 1. The van der Waals surface area contributed by atoms with Crippen molar-refractivity contribution in [2.75, 3.05) is 4.90 Å². The first kappa shape index (κ1) is 18.6. The van der Waals surface area contributed by atoms with Gasteiger partial charge in [0.05, 0.1) is 17.0 Å². The van der Waals surface area contributed by atoms with Gasteiger partial charge in [-0.05, 0) is 60.5 Å². The fourth-order valence-electron chi connectivity index (χ4n) is 4.00. The maximum atomic E-state index is 13.5. The van der Waals surface area contributed by atoms with E-state index < -0.39 is 6.04 Å². The number of aromatic hydroxyl groups is 1. The predicted octanol–water partition coefficient (Wildman–Crippen LogP) is 5.32. The number of nitrogens with zero attached hydrogens (tertiary/aromatic N) is 1. The lowest BCUT2D eigenvalue weighted by molar-refractivity contribution is 0.0971. The number of hydrogen-bond donors (Lipinski definition) is 1. The molecule has 148 valence electrons. The molecule has 0 aliphatic carbocycles. The van der Waals surface area contributed by atoms with Gasteiger partial charge in [0.15, 0.2) is 5.43 Å². The number of phenolic OH excluding ortho intramolecular Hbond substituents is 1. The van der Waals surface area contributed by atoms with Gasteiger partial charge in [0.25, 0.3) is 5.91 Å². The molecule has 5 rings (SSSR count). The summed E-state index contributed by atoms with van der Waals surface area (Å²) in [7, 11) is 0. The second-order valence-corrected chi connectivity index (χ2v) is 8.24. The van der Waals surface area contributed by atoms with Gasteiger partial charge in [0, 0.05) is 10.2 Å². The van der Waals surface area contributed by atoms with Gasteiger partial charge in [-0.15, -0.1) is 0 Å². The number of hydrogen-bond acceptors (Lipinski definition) is 4. The second-order valence-electron chi connectivity index (χ2n) is 7.33. The number of carbonyl (C=O) groups is 1. The van der Waals surface area contributed by atoms with E-state index in [0.29, 0.717) is 22.2 Å². The third-order valence-corrected chi connectivity index (χ3v) is 5.79. The minimum atomic E-state index is -0.707. The van der Waals surface area contributed by atoms with E-state index in [4.69, 9.17) is 4.42 Å². The molecule has 4 aromatic rings. The van der Waals surface area contributed by atoms with Crippen molar-refractivity contribution in [1.29, 1.82) is 0 Å². The van der Waals surface area contributed by atoms with Crippen LogP contribution in [0.1, 0.15) is 33.3 Å². The van der Waals surface area contributed by atoms with Crippen molar-refractivity contribution < 1.29 is 14.3 Å². The van der Waals surface area contributed by atoms with Crippen molar-refractivity contribution in [2.45, 2.75) is 13.0 Å². The maximum Gasteiger partial charge on any atom is 0.295 e. The lowest BCUT2D eigenvalue weighted by atomic mass is 9.98. The summed E-state index contributed by atoms with van der Waals surface area (Å²) < 4.78 is 6.69. The molecule has 0 fully saturated rings. The van der Waals surface area contributed by atoms with Crippen LogP contribution < -0.4 is 10.3 Å². The van der Waals surface area contributed by atoms with Crippen LogP contribution in [0.5, 0.6) is 5.75 Å². The van der Waals surface area contributed by atoms with E-state index in [-0.39, 0.29) is 28.4 Å². The van der Waals surface area contributed by atoms with Gasteiger partial charge in [-0.25, -0.2) is 0 Å².